The van der Waals surface area contributed by atoms with Crippen molar-refractivity contribution < 1.29 is 9.90 Å². The number of nitrogens with zero attached hydrogens (tertiary/aromatic N) is 3. The van der Waals surface area contributed by atoms with Gasteiger partial charge in [-0.2, -0.15) is 0 Å². The maximum Gasteiger partial charge on any atom is 0.335 e. The van der Waals surface area contributed by atoms with Crippen molar-refractivity contribution in [1.82, 2.24) is 14.8 Å². The van der Waals surface area contributed by atoms with Crippen LogP contribution in [-0.4, -0.2) is 25.8 Å². The van der Waals surface area contributed by atoms with Crippen molar-refractivity contribution in [3.63, 3.8) is 0 Å². The normalized spacial score (nSPS) is 10.9. The number of carbonyl (C=O) groups is 1. The zero-order chi connectivity index (χ0) is 21.1. The Kier molecular flexibility index (Phi) is 5.68. The van der Waals surface area contributed by atoms with Gasteiger partial charge in [-0.25, -0.2) is 4.79 Å². The predicted octanol–water partition coefficient (Wildman–Crippen LogP) is 5.54. The molecule has 150 valence electrons. The van der Waals surface area contributed by atoms with E-state index in [9.17, 15) is 4.79 Å². The summed E-state index contributed by atoms with van der Waals surface area (Å²) in [6.07, 6.45) is 0. The number of carboxylic acids is 1. The Hall–Kier alpha value is -3.38. The summed E-state index contributed by atoms with van der Waals surface area (Å²) in [5.74, 6) is 0.538. The minimum Gasteiger partial charge on any atom is -0.478 e. The van der Waals surface area contributed by atoms with Crippen molar-refractivity contribution in [3.8, 4) is 17.1 Å². The van der Waals surface area contributed by atoms with E-state index in [1.807, 2.05) is 12.1 Å². The van der Waals surface area contributed by atoms with E-state index in [4.69, 9.17) is 5.11 Å². The molecule has 0 aliphatic heterocycles. The molecule has 1 heterocycles. The first-order valence-corrected chi connectivity index (χ1v) is 10.5. The summed E-state index contributed by atoms with van der Waals surface area (Å²) in [5.41, 5.74) is 5.71. The summed E-state index contributed by atoms with van der Waals surface area (Å²) >= 11 is 1.57. The van der Waals surface area contributed by atoms with Crippen molar-refractivity contribution in [2.75, 3.05) is 0 Å². The molecule has 4 rings (SSSR count). The molecule has 0 unspecified atom stereocenters. The molecule has 6 heteroatoms. The molecule has 0 aliphatic carbocycles. The Balaban J connectivity index is 1.67. The van der Waals surface area contributed by atoms with E-state index in [0.717, 1.165) is 27.8 Å². The summed E-state index contributed by atoms with van der Waals surface area (Å²) < 4.78 is 2.07. The molecule has 0 saturated carbocycles. The lowest BCUT2D eigenvalue weighted by Gasteiger charge is -2.11. The van der Waals surface area contributed by atoms with Gasteiger partial charge in [0.05, 0.1) is 5.56 Å². The number of hydrogen-bond donors (Lipinski definition) is 1. The van der Waals surface area contributed by atoms with E-state index in [1.54, 1.807) is 23.9 Å². The van der Waals surface area contributed by atoms with Gasteiger partial charge in [0.2, 0.25) is 0 Å². The Morgan fingerprint density at radius 2 is 1.47 bits per heavy atom. The van der Waals surface area contributed by atoms with Crippen LogP contribution in [0.15, 0.2) is 78.0 Å². The standard InChI is InChI=1S/C24H21N3O2S/c1-16-3-9-19(10-4-16)22-25-26-24(27(22)21-13-5-17(2)6-14-21)30-15-18-7-11-20(12-8-18)23(28)29/h3-14H,15H2,1-2H3,(H,28,29). The van der Waals surface area contributed by atoms with Crippen molar-refractivity contribution in [3.05, 3.63) is 95.1 Å². The fourth-order valence-electron chi connectivity index (χ4n) is 3.07. The predicted molar refractivity (Wildman–Crippen MR) is 119 cm³/mol. The van der Waals surface area contributed by atoms with Crippen LogP contribution in [-0.2, 0) is 5.75 Å². The van der Waals surface area contributed by atoms with Crippen LogP contribution in [0.5, 0.6) is 0 Å². The Bertz CT molecular complexity index is 1160. The second-order valence-electron chi connectivity index (χ2n) is 7.13. The number of carboxylic acid groups (broad SMARTS) is 1. The topological polar surface area (TPSA) is 68.0 Å². The van der Waals surface area contributed by atoms with E-state index in [-0.39, 0.29) is 5.56 Å². The second-order valence-corrected chi connectivity index (χ2v) is 8.08. The van der Waals surface area contributed by atoms with Gasteiger partial charge in [0.1, 0.15) is 0 Å². The highest BCUT2D eigenvalue weighted by molar-refractivity contribution is 7.98. The molecule has 0 fully saturated rings. The number of benzene rings is 3. The average molecular weight is 416 g/mol. The maximum absolute atomic E-state index is 11.0. The molecule has 3 aromatic carbocycles. The monoisotopic (exact) mass is 415 g/mol. The highest BCUT2D eigenvalue weighted by Crippen LogP contribution is 2.30. The van der Waals surface area contributed by atoms with Gasteiger partial charge in [0, 0.05) is 17.0 Å². The van der Waals surface area contributed by atoms with Gasteiger partial charge in [0.25, 0.3) is 0 Å². The summed E-state index contributed by atoms with van der Waals surface area (Å²) in [6.45, 7) is 4.12. The van der Waals surface area contributed by atoms with E-state index in [1.165, 1.54) is 11.1 Å². The summed E-state index contributed by atoms with van der Waals surface area (Å²) in [6, 6.07) is 23.5. The lowest BCUT2D eigenvalue weighted by atomic mass is 10.1. The van der Waals surface area contributed by atoms with Crippen molar-refractivity contribution in [1.29, 1.82) is 0 Å². The van der Waals surface area contributed by atoms with Gasteiger partial charge in [-0.15, -0.1) is 10.2 Å². The number of aromatic carboxylic acids is 1. The molecule has 0 bridgehead atoms. The molecule has 0 aliphatic rings. The highest BCUT2D eigenvalue weighted by atomic mass is 32.2. The van der Waals surface area contributed by atoms with Crippen LogP contribution in [0.3, 0.4) is 0 Å². The molecule has 1 aromatic heterocycles. The third-order valence-electron chi connectivity index (χ3n) is 4.80. The molecule has 0 amide bonds. The van der Waals surface area contributed by atoms with Crippen molar-refractivity contribution >= 4 is 17.7 Å². The fraction of sp³-hybridized carbons (Fsp3) is 0.125. The van der Waals surface area contributed by atoms with Crippen LogP contribution >= 0.6 is 11.8 Å². The Morgan fingerprint density at radius 3 is 2.07 bits per heavy atom. The molecular weight excluding hydrogens is 394 g/mol. The largest absolute Gasteiger partial charge is 0.478 e. The molecular formula is C24H21N3O2S. The first-order chi connectivity index (χ1) is 14.5. The van der Waals surface area contributed by atoms with E-state index < -0.39 is 5.97 Å². The van der Waals surface area contributed by atoms with Crippen LogP contribution in [0.4, 0.5) is 0 Å². The molecule has 1 N–H and O–H groups in total. The quantitative estimate of drug-likeness (QED) is 0.419. The minimum atomic E-state index is -0.920. The first kappa shape index (κ1) is 19.9. The van der Waals surface area contributed by atoms with E-state index in [0.29, 0.717) is 5.75 Å². The molecule has 4 aromatic rings. The van der Waals surface area contributed by atoms with Gasteiger partial charge in [-0.3, -0.25) is 4.57 Å². The van der Waals surface area contributed by atoms with Crippen LogP contribution in [0, 0.1) is 13.8 Å². The molecule has 0 atom stereocenters. The number of hydrogen-bond acceptors (Lipinski definition) is 4. The minimum absolute atomic E-state index is 0.285. The smallest absolute Gasteiger partial charge is 0.335 e. The first-order valence-electron chi connectivity index (χ1n) is 9.56. The molecule has 0 saturated heterocycles. The Labute approximate surface area is 179 Å². The zero-order valence-corrected chi connectivity index (χ0v) is 17.6. The summed E-state index contributed by atoms with van der Waals surface area (Å²) in [4.78, 5) is 11.0. The molecule has 5 nitrogen and oxygen atoms in total. The van der Waals surface area contributed by atoms with Crippen LogP contribution in [0.2, 0.25) is 0 Å². The van der Waals surface area contributed by atoms with Crippen molar-refractivity contribution in [2.24, 2.45) is 0 Å². The number of thioether (sulfide) groups is 1. The van der Waals surface area contributed by atoms with Gasteiger partial charge in [0.15, 0.2) is 11.0 Å². The Morgan fingerprint density at radius 1 is 0.867 bits per heavy atom. The number of aryl methyl sites for hydroxylation is 2. The molecule has 30 heavy (non-hydrogen) atoms. The van der Waals surface area contributed by atoms with Gasteiger partial charge < -0.3 is 5.11 Å². The summed E-state index contributed by atoms with van der Waals surface area (Å²) in [7, 11) is 0. The third kappa shape index (κ3) is 4.28. The zero-order valence-electron chi connectivity index (χ0n) is 16.7. The van der Waals surface area contributed by atoms with E-state index >= 15 is 0 Å². The highest BCUT2D eigenvalue weighted by Gasteiger charge is 2.16. The van der Waals surface area contributed by atoms with Crippen LogP contribution < -0.4 is 0 Å². The summed E-state index contributed by atoms with van der Waals surface area (Å²) in [5, 5.41) is 18.8. The second kappa shape index (κ2) is 8.55. The molecule has 0 spiro atoms. The van der Waals surface area contributed by atoms with Gasteiger partial charge in [-0.1, -0.05) is 71.4 Å². The third-order valence-corrected chi connectivity index (χ3v) is 5.80. The molecule has 0 radical (unpaired) electrons. The average Bonchev–Trinajstić information content (AvgIpc) is 3.17. The number of rotatable bonds is 6. The van der Waals surface area contributed by atoms with E-state index in [2.05, 4.69) is 77.1 Å². The maximum atomic E-state index is 11.0. The van der Waals surface area contributed by atoms with Crippen LogP contribution in [0.25, 0.3) is 17.1 Å². The van der Waals surface area contributed by atoms with Gasteiger partial charge >= 0.3 is 5.97 Å². The lowest BCUT2D eigenvalue weighted by Crippen LogP contribution is -2.00. The fourth-order valence-corrected chi connectivity index (χ4v) is 3.98. The van der Waals surface area contributed by atoms with Gasteiger partial charge in [-0.05, 0) is 43.7 Å². The van der Waals surface area contributed by atoms with Crippen molar-refractivity contribution in [2.45, 2.75) is 24.8 Å². The SMILES string of the molecule is Cc1ccc(-c2nnc(SCc3ccc(C(=O)O)cc3)n2-c2ccc(C)cc2)cc1. The van der Waals surface area contributed by atoms with Crippen LogP contribution in [0.1, 0.15) is 27.0 Å². The lowest BCUT2D eigenvalue weighted by molar-refractivity contribution is 0.0697. The number of aromatic nitrogens is 3.